The molecule has 0 N–H and O–H groups in total. The van der Waals surface area contributed by atoms with Crippen molar-refractivity contribution in [3.05, 3.63) is 32.3 Å². The van der Waals surface area contributed by atoms with Gasteiger partial charge in [0.05, 0.1) is 4.92 Å². The summed E-state index contributed by atoms with van der Waals surface area (Å²) in [6, 6.07) is 2.30. The summed E-state index contributed by atoms with van der Waals surface area (Å²) in [5, 5.41) is 21.4. The van der Waals surface area contributed by atoms with Gasteiger partial charge in [-0.1, -0.05) is 15.9 Å². The van der Waals surface area contributed by atoms with Crippen molar-refractivity contribution in [1.29, 1.82) is 0 Å². The van der Waals surface area contributed by atoms with Crippen molar-refractivity contribution >= 4 is 27.9 Å². The molecule has 0 aliphatic heterocycles. The Morgan fingerprint density at radius 3 is 2.43 bits per heavy atom. The molecule has 0 heterocycles. The zero-order valence-corrected chi connectivity index (χ0v) is 11.9. The maximum absolute atomic E-state index is 11.1. The number of benzene rings is 1. The van der Waals surface area contributed by atoms with E-state index in [-0.39, 0.29) is 56.9 Å². The molecule has 0 radical (unpaired) electrons. The summed E-state index contributed by atoms with van der Waals surface area (Å²) in [4.78, 5) is 19.8. The van der Waals surface area contributed by atoms with Gasteiger partial charge in [-0.2, -0.15) is 0 Å². The molecule has 0 amide bonds. The van der Waals surface area contributed by atoms with Gasteiger partial charge in [0.25, 0.3) is 5.69 Å². The Morgan fingerprint density at radius 2 is 2.00 bits per heavy atom. The van der Waals surface area contributed by atoms with Crippen LogP contribution in [0.1, 0.15) is 10.4 Å². The zero-order valence-electron chi connectivity index (χ0n) is 7.19. The SMILES string of the molecule is O=Cc1cc(Br)cc([N+](=O)[O-])c1[O-].[K+]. The van der Waals surface area contributed by atoms with Crippen LogP contribution < -0.4 is 56.5 Å². The number of nitro groups is 1. The van der Waals surface area contributed by atoms with Crippen LogP contribution in [0, 0.1) is 10.1 Å². The van der Waals surface area contributed by atoms with Gasteiger partial charge in [-0.25, -0.2) is 0 Å². The fourth-order valence-electron chi connectivity index (χ4n) is 0.823. The van der Waals surface area contributed by atoms with E-state index < -0.39 is 16.4 Å². The number of hydrogen-bond donors (Lipinski definition) is 0. The summed E-state index contributed by atoms with van der Waals surface area (Å²) < 4.78 is 0.334. The van der Waals surface area contributed by atoms with Crippen molar-refractivity contribution in [2.75, 3.05) is 0 Å². The van der Waals surface area contributed by atoms with E-state index >= 15 is 0 Å². The van der Waals surface area contributed by atoms with Crippen molar-refractivity contribution in [3.63, 3.8) is 0 Å². The van der Waals surface area contributed by atoms with Gasteiger partial charge in [0.2, 0.25) is 0 Å². The van der Waals surface area contributed by atoms with E-state index in [1.165, 1.54) is 6.07 Å². The number of rotatable bonds is 2. The summed E-state index contributed by atoms with van der Waals surface area (Å²) in [6.45, 7) is 0. The van der Waals surface area contributed by atoms with E-state index in [0.717, 1.165) is 6.07 Å². The molecule has 5 nitrogen and oxygen atoms in total. The molecule has 0 aliphatic carbocycles. The Balaban J connectivity index is 0.00000169. The molecule has 0 spiro atoms. The number of nitrogens with zero attached hydrogens (tertiary/aromatic N) is 1. The molecule has 1 aromatic rings. The summed E-state index contributed by atoms with van der Waals surface area (Å²) in [6.07, 6.45) is 0.292. The summed E-state index contributed by atoms with van der Waals surface area (Å²) in [5.41, 5.74) is -0.822. The van der Waals surface area contributed by atoms with Crippen LogP contribution in [0.25, 0.3) is 0 Å². The summed E-state index contributed by atoms with van der Waals surface area (Å²) in [7, 11) is 0. The number of aldehydes is 1. The minimum atomic E-state index is -0.858. The topological polar surface area (TPSA) is 83.3 Å². The third-order valence-electron chi connectivity index (χ3n) is 1.39. The molecule has 1 rings (SSSR count). The van der Waals surface area contributed by atoms with Gasteiger partial charge in [-0.3, -0.25) is 14.9 Å². The maximum Gasteiger partial charge on any atom is 1.00 e. The van der Waals surface area contributed by atoms with Crippen LogP contribution in [0.2, 0.25) is 0 Å². The van der Waals surface area contributed by atoms with Gasteiger partial charge in [0, 0.05) is 16.1 Å². The average Bonchev–Trinajstić information content (AvgIpc) is 2.08. The quantitative estimate of drug-likeness (QED) is 0.279. The maximum atomic E-state index is 11.1. The second kappa shape index (κ2) is 5.94. The predicted molar refractivity (Wildman–Crippen MR) is 45.6 cm³/mol. The molecule has 0 atom stereocenters. The van der Waals surface area contributed by atoms with E-state index in [9.17, 15) is 20.0 Å². The number of hydrogen-bond acceptors (Lipinski definition) is 4. The van der Waals surface area contributed by atoms with Gasteiger partial charge in [0.15, 0.2) is 0 Å². The molecule has 0 fully saturated rings. The zero-order chi connectivity index (χ0) is 10.0. The third-order valence-corrected chi connectivity index (χ3v) is 1.84. The Labute approximate surface area is 130 Å². The van der Waals surface area contributed by atoms with E-state index in [4.69, 9.17) is 0 Å². The first-order valence-corrected chi connectivity index (χ1v) is 3.95. The van der Waals surface area contributed by atoms with Gasteiger partial charge in [-0.05, 0) is 11.8 Å². The van der Waals surface area contributed by atoms with E-state index in [1.54, 1.807) is 0 Å². The van der Waals surface area contributed by atoms with Crippen LogP contribution in [0.15, 0.2) is 16.6 Å². The van der Waals surface area contributed by atoms with Gasteiger partial charge in [-0.15, -0.1) is 0 Å². The molecule has 1 aromatic carbocycles. The smallest absolute Gasteiger partial charge is 0.867 e. The predicted octanol–water partition coefficient (Wildman–Crippen LogP) is -1.75. The van der Waals surface area contributed by atoms with Crippen molar-refractivity contribution < 1.29 is 66.2 Å². The normalized spacial score (nSPS) is 8.93. The van der Waals surface area contributed by atoms with Crippen LogP contribution >= 0.6 is 15.9 Å². The molecule has 0 saturated heterocycles. The second-order valence-electron chi connectivity index (χ2n) is 2.22. The molecule has 68 valence electrons. The summed E-state index contributed by atoms with van der Waals surface area (Å²) in [5.74, 6) is -0.858. The average molecular weight is 284 g/mol. The van der Waals surface area contributed by atoms with Crippen LogP contribution in [0.4, 0.5) is 5.69 Å². The molecule has 14 heavy (non-hydrogen) atoms. The van der Waals surface area contributed by atoms with Crippen molar-refractivity contribution in [1.82, 2.24) is 0 Å². The molecule has 0 aromatic heterocycles. The first-order valence-electron chi connectivity index (χ1n) is 3.16. The number of halogens is 1. The van der Waals surface area contributed by atoms with E-state index in [1.807, 2.05) is 0 Å². The van der Waals surface area contributed by atoms with Crippen LogP contribution in [0.5, 0.6) is 5.75 Å². The molecule has 7 heteroatoms. The van der Waals surface area contributed by atoms with Gasteiger partial charge >= 0.3 is 51.4 Å². The van der Waals surface area contributed by atoms with E-state index in [2.05, 4.69) is 15.9 Å². The standard InChI is InChI=1S/C7H4BrNO4.K/c8-5-1-4(3-10)7(11)6(2-5)9(12)13;/h1-3,11H;/q;+1/p-1. The van der Waals surface area contributed by atoms with Gasteiger partial charge < -0.3 is 5.11 Å². The minimum Gasteiger partial charge on any atom is -0.867 e. The monoisotopic (exact) mass is 283 g/mol. The Bertz CT molecular complexity index is 382. The van der Waals surface area contributed by atoms with Crippen molar-refractivity contribution in [2.45, 2.75) is 0 Å². The molecule has 0 aliphatic rings. The number of carbonyl (C=O) groups excluding carboxylic acids is 1. The van der Waals surface area contributed by atoms with Crippen molar-refractivity contribution in [2.24, 2.45) is 0 Å². The molecule has 0 unspecified atom stereocenters. The van der Waals surface area contributed by atoms with Crippen LogP contribution in [0.3, 0.4) is 0 Å². The fraction of sp³-hybridized carbons (Fsp3) is 0. The summed E-state index contributed by atoms with van der Waals surface area (Å²) >= 11 is 2.95. The van der Waals surface area contributed by atoms with Crippen LogP contribution in [-0.4, -0.2) is 11.2 Å². The third kappa shape index (κ3) is 3.11. The molecular weight excluding hydrogens is 281 g/mol. The van der Waals surface area contributed by atoms with Gasteiger partial charge in [0.1, 0.15) is 6.29 Å². The minimum absolute atomic E-state index is 0. The first kappa shape index (κ1) is 14.2. The van der Waals surface area contributed by atoms with E-state index in [0.29, 0.717) is 10.8 Å². The molecule has 0 bridgehead atoms. The van der Waals surface area contributed by atoms with Crippen LogP contribution in [-0.2, 0) is 0 Å². The number of carbonyl (C=O) groups is 1. The molecule has 0 saturated carbocycles. The Morgan fingerprint density at radius 1 is 1.43 bits per heavy atom. The first-order chi connectivity index (χ1) is 6.06. The van der Waals surface area contributed by atoms with Crippen molar-refractivity contribution in [3.8, 4) is 5.75 Å². The molecular formula is C7H3BrKNO4. The second-order valence-corrected chi connectivity index (χ2v) is 3.13. The largest absolute Gasteiger partial charge is 1.00 e. The fourth-order valence-corrected chi connectivity index (χ4v) is 1.29. The Kier molecular flexibility index (Phi) is 6.02. The number of nitro benzene ring substituents is 1. The Hall–Kier alpha value is 0.206.